The Labute approximate surface area is 342 Å². The van der Waals surface area contributed by atoms with Crippen LogP contribution in [0.3, 0.4) is 0 Å². The van der Waals surface area contributed by atoms with Gasteiger partial charge in [0, 0.05) is 58.9 Å². The molecular weight excluding hydrogens is 743 g/mol. The van der Waals surface area contributed by atoms with Crippen molar-refractivity contribution in [1.29, 1.82) is 0 Å². The number of para-hydroxylation sites is 1. The number of oxazole rings is 1. The molecule has 0 unspecified atom stereocenters. The molecule has 59 heavy (non-hydrogen) atoms. The summed E-state index contributed by atoms with van der Waals surface area (Å²) < 4.78 is 10.9. The summed E-state index contributed by atoms with van der Waals surface area (Å²) in [6, 6.07) is 65.4. The van der Waals surface area contributed by atoms with Crippen molar-refractivity contribution in [2.75, 3.05) is 0 Å². The first-order valence-corrected chi connectivity index (χ1v) is 20.4. The van der Waals surface area contributed by atoms with Crippen molar-refractivity contribution in [3.05, 3.63) is 188 Å². The summed E-state index contributed by atoms with van der Waals surface area (Å²) >= 11 is 1.79. The van der Waals surface area contributed by atoms with Crippen LogP contribution in [0.2, 0.25) is 0 Å². The van der Waals surface area contributed by atoms with Gasteiger partial charge in [0.2, 0.25) is 5.89 Å². The molecular formula is C52H31N5OS. The highest BCUT2D eigenvalue weighted by molar-refractivity contribution is 7.25. The van der Waals surface area contributed by atoms with E-state index in [0.29, 0.717) is 28.9 Å². The first kappa shape index (κ1) is 33.4. The third-order valence-electron chi connectivity index (χ3n) is 11.1. The topological polar surface area (TPSA) is 69.6 Å². The molecule has 0 fully saturated rings. The van der Waals surface area contributed by atoms with Gasteiger partial charge in [-0.15, -0.1) is 11.3 Å². The second-order valence-electron chi connectivity index (χ2n) is 14.7. The van der Waals surface area contributed by atoms with Crippen LogP contribution in [0, 0.1) is 0 Å². The number of benzene rings is 8. The summed E-state index contributed by atoms with van der Waals surface area (Å²) in [5.74, 6) is 2.37. The van der Waals surface area contributed by atoms with Crippen LogP contribution in [-0.4, -0.2) is 24.5 Å². The second-order valence-corrected chi connectivity index (χ2v) is 15.8. The fraction of sp³-hybridized carbons (Fsp3) is 0. The van der Waals surface area contributed by atoms with Gasteiger partial charge in [-0.25, -0.2) is 19.9 Å². The number of fused-ring (bicyclic) bond motifs is 7. The van der Waals surface area contributed by atoms with Crippen molar-refractivity contribution < 1.29 is 4.42 Å². The Kier molecular flexibility index (Phi) is 7.61. The molecule has 0 amide bonds. The monoisotopic (exact) mass is 773 g/mol. The van der Waals surface area contributed by atoms with E-state index in [1.807, 2.05) is 78.9 Å². The molecule has 0 saturated heterocycles. The molecule has 12 aromatic rings. The predicted molar refractivity (Wildman–Crippen MR) is 242 cm³/mol. The van der Waals surface area contributed by atoms with Crippen molar-refractivity contribution in [2.24, 2.45) is 0 Å². The Balaban J connectivity index is 0.959. The van der Waals surface area contributed by atoms with Gasteiger partial charge >= 0.3 is 0 Å². The molecule has 0 saturated carbocycles. The van der Waals surface area contributed by atoms with Gasteiger partial charge in [0.15, 0.2) is 23.1 Å². The van der Waals surface area contributed by atoms with E-state index in [0.717, 1.165) is 33.5 Å². The van der Waals surface area contributed by atoms with E-state index in [2.05, 4.69) is 114 Å². The molecule has 0 radical (unpaired) electrons. The highest BCUT2D eigenvalue weighted by Crippen LogP contribution is 2.40. The molecule has 6 nitrogen and oxygen atoms in total. The molecule has 12 rings (SSSR count). The minimum atomic E-state index is 0.572. The standard InChI is InChI=1S/C52H31N5OS/c1-4-12-32(13-5-1)35-21-26-45-42(28-35)39-18-10-11-19-44(39)57(45)38-23-25-41-40-24-20-37(30-47(40)59-48(41)31-38)51-55-49(33-14-6-2-7-15-33)54-50(56-51)36-22-27-46-43(29-36)53-52(58-46)34-16-8-3-9-17-34/h1-31H. The maximum atomic E-state index is 6.12. The average Bonchev–Trinajstić information content (AvgIpc) is 4.00. The molecule has 0 aliphatic carbocycles. The third kappa shape index (κ3) is 5.70. The molecule has 0 bridgehead atoms. The molecule has 8 aromatic carbocycles. The number of nitrogens with zero attached hydrogens (tertiary/aromatic N) is 5. The fourth-order valence-electron chi connectivity index (χ4n) is 8.23. The lowest BCUT2D eigenvalue weighted by Crippen LogP contribution is -2.00. The number of aromatic nitrogens is 5. The van der Waals surface area contributed by atoms with Crippen LogP contribution in [0.5, 0.6) is 0 Å². The van der Waals surface area contributed by atoms with Crippen molar-refractivity contribution in [3.63, 3.8) is 0 Å². The smallest absolute Gasteiger partial charge is 0.227 e. The summed E-state index contributed by atoms with van der Waals surface area (Å²) in [6.45, 7) is 0. The van der Waals surface area contributed by atoms with E-state index >= 15 is 0 Å². The van der Waals surface area contributed by atoms with Gasteiger partial charge in [-0.05, 0) is 77.9 Å². The normalized spacial score (nSPS) is 11.7. The summed E-state index contributed by atoms with van der Waals surface area (Å²) in [7, 11) is 0. The maximum absolute atomic E-state index is 6.12. The van der Waals surface area contributed by atoms with Gasteiger partial charge in [0.1, 0.15) is 5.52 Å². The number of thiophene rings is 1. The Hall–Kier alpha value is -7.74. The second kappa shape index (κ2) is 13.4. The number of hydrogen-bond donors (Lipinski definition) is 0. The van der Waals surface area contributed by atoms with Gasteiger partial charge in [0.05, 0.1) is 11.0 Å². The minimum absolute atomic E-state index is 0.572. The molecule has 276 valence electrons. The number of hydrogen-bond acceptors (Lipinski definition) is 6. The Morgan fingerprint density at radius 1 is 0.373 bits per heavy atom. The molecule has 0 N–H and O–H groups in total. The van der Waals surface area contributed by atoms with E-state index in [1.165, 1.54) is 53.1 Å². The van der Waals surface area contributed by atoms with Gasteiger partial charge in [-0.2, -0.15) is 0 Å². The molecule has 0 aliphatic heterocycles. The van der Waals surface area contributed by atoms with Crippen LogP contribution >= 0.6 is 11.3 Å². The van der Waals surface area contributed by atoms with E-state index in [-0.39, 0.29) is 0 Å². The molecule has 0 atom stereocenters. The summed E-state index contributed by atoms with van der Waals surface area (Å²) in [4.78, 5) is 19.9. The molecule has 0 spiro atoms. The third-order valence-corrected chi connectivity index (χ3v) is 12.2. The maximum Gasteiger partial charge on any atom is 0.227 e. The SMILES string of the molecule is c1ccc(-c2ccc3c(c2)c2ccccc2n3-c2ccc3c(c2)sc2cc(-c4nc(-c5ccccc5)nc(-c5ccc6oc(-c7ccccc7)nc6c5)n4)ccc23)cc1. The van der Waals surface area contributed by atoms with Crippen LogP contribution in [0.25, 0.3) is 116 Å². The zero-order chi connectivity index (χ0) is 38.9. The summed E-state index contributed by atoms with van der Waals surface area (Å²) in [6.07, 6.45) is 0. The summed E-state index contributed by atoms with van der Waals surface area (Å²) in [5.41, 5.74) is 11.0. The van der Waals surface area contributed by atoms with E-state index in [1.54, 1.807) is 11.3 Å². The molecule has 4 heterocycles. The van der Waals surface area contributed by atoms with E-state index in [9.17, 15) is 0 Å². The lowest BCUT2D eigenvalue weighted by atomic mass is 10.0. The van der Waals surface area contributed by atoms with Crippen molar-refractivity contribution >= 4 is 64.4 Å². The zero-order valence-electron chi connectivity index (χ0n) is 31.5. The van der Waals surface area contributed by atoms with Crippen LogP contribution in [0.1, 0.15) is 0 Å². The quantitative estimate of drug-likeness (QED) is 0.168. The fourth-order valence-corrected chi connectivity index (χ4v) is 9.40. The van der Waals surface area contributed by atoms with E-state index < -0.39 is 0 Å². The van der Waals surface area contributed by atoms with Crippen molar-refractivity contribution in [3.8, 4) is 62.4 Å². The van der Waals surface area contributed by atoms with Crippen LogP contribution in [0.4, 0.5) is 0 Å². The molecule has 7 heteroatoms. The van der Waals surface area contributed by atoms with Crippen molar-refractivity contribution in [2.45, 2.75) is 0 Å². The average molecular weight is 774 g/mol. The zero-order valence-corrected chi connectivity index (χ0v) is 32.3. The number of rotatable bonds is 6. The highest BCUT2D eigenvalue weighted by atomic mass is 32.1. The Bertz CT molecular complexity index is 3550. The largest absolute Gasteiger partial charge is 0.436 e. The van der Waals surface area contributed by atoms with Crippen LogP contribution in [0.15, 0.2) is 192 Å². The lowest BCUT2D eigenvalue weighted by Gasteiger charge is -2.09. The first-order valence-electron chi connectivity index (χ1n) is 19.5. The first-order chi connectivity index (χ1) is 29.2. The van der Waals surface area contributed by atoms with E-state index in [4.69, 9.17) is 24.4 Å². The van der Waals surface area contributed by atoms with Gasteiger partial charge in [-0.3, -0.25) is 0 Å². The predicted octanol–water partition coefficient (Wildman–Crippen LogP) is 13.8. The molecule has 4 aromatic heterocycles. The van der Waals surface area contributed by atoms with Crippen LogP contribution < -0.4 is 0 Å². The molecule has 0 aliphatic rings. The van der Waals surface area contributed by atoms with Crippen molar-refractivity contribution in [1.82, 2.24) is 24.5 Å². The van der Waals surface area contributed by atoms with Crippen LogP contribution in [-0.2, 0) is 0 Å². The summed E-state index contributed by atoms with van der Waals surface area (Å²) in [5, 5.41) is 4.92. The highest BCUT2D eigenvalue weighted by Gasteiger charge is 2.18. The lowest BCUT2D eigenvalue weighted by molar-refractivity contribution is 0.620. The minimum Gasteiger partial charge on any atom is -0.436 e. The van der Waals surface area contributed by atoms with Gasteiger partial charge < -0.3 is 8.98 Å². The van der Waals surface area contributed by atoms with Gasteiger partial charge in [0.25, 0.3) is 0 Å². The van der Waals surface area contributed by atoms with Gasteiger partial charge in [-0.1, -0.05) is 121 Å². The Morgan fingerprint density at radius 2 is 0.949 bits per heavy atom. The Morgan fingerprint density at radius 3 is 1.71 bits per heavy atom.